The Labute approximate surface area is 192 Å². The number of aliphatic hydroxyl groups is 1. The highest BCUT2D eigenvalue weighted by atomic mass is 16.6. The molecule has 0 spiro atoms. The van der Waals surface area contributed by atoms with Crippen LogP contribution in [0.4, 0.5) is 9.59 Å². The van der Waals surface area contributed by atoms with Gasteiger partial charge in [-0.1, -0.05) is 39.5 Å². The zero-order chi connectivity index (χ0) is 25.0. The number of nitrogens with one attached hydrogen (secondary N) is 2. The van der Waals surface area contributed by atoms with Crippen molar-refractivity contribution in [3.63, 3.8) is 0 Å². The molecule has 13 nitrogen and oxygen atoms in total. The molecule has 188 valence electrons. The van der Waals surface area contributed by atoms with E-state index in [-0.39, 0.29) is 0 Å². The van der Waals surface area contributed by atoms with Crippen molar-refractivity contribution in [2.24, 2.45) is 22.4 Å². The largest absolute Gasteiger partial charge is 0.477 e. The van der Waals surface area contributed by atoms with Crippen LogP contribution >= 0.6 is 0 Å². The number of aliphatic carboxylic acids is 1. The molecule has 1 rings (SSSR count). The normalized spacial score (nSPS) is 21.5. The Hall–Kier alpha value is -3.22. The topological polar surface area (TPSA) is 219 Å². The number of aliphatic imine (C=N–C) groups is 1. The Balaban J connectivity index is 3.11. The third kappa shape index (κ3) is 9.43. The van der Waals surface area contributed by atoms with Gasteiger partial charge in [-0.3, -0.25) is 0 Å². The summed E-state index contributed by atoms with van der Waals surface area (Å²) in [5.41, 5.74) is 10.8. The highest BCUT2D eigenvalue weighted by Crippen LogP contribution is 2.28. The number of amides is 2. The highest BCUT2D eigenvalue weighted by molar-refractivity contribution is 5.85. The minimum absolute atomic E-state index is 0.363. The second kappa shape index (κ2) is 14.0. The molecule has 5 atom stereocenters. The van der Waals surface area contributed by atoms with E-state index < -0.39 is 66.7 Å². The lowest BCUT2D eigenvalue weighted by molar-refractivity contribution is -0.142. The van der Waals surface area contributed by atoms with Gasteiger partial charge in [-0.25, -0.2) is 19.4 Å². The summed E-state index contributed by atoms with van der Waals surface area (Å²) in [5, 5.41) is 33.2. The van der Waals surface area contributed by atoms with Crippen LogP contribution in [0.2, 0.25) is 0 Å². The fraction of sp³-hybridized carbons (Fsp3) is 0.700. The summed E-state index contributed by atoms with van der Waals surface area (Å²) in [6.45, 7) is 3.55. The second-order valence-corrected chi connectivity index (χ2v) is 7.81. The SMILES string of the molecule is CCCCCCCNC(=O)O[C@@H]([C@@H]1OC(C(=O)O)=C[C@H](N=C(N)N)[C@H]1NC(=O)O)[C@H](C)CO. The minimum atomic E-state index is -1.46. The van der Waals surface area contributed by atoms with Gasteiger partial charge >= 0.3 is 18.2 Å². The van der Waals surface area contributed by atoms with Crippen molar-refractivity contribution in [2.75, 3.05) is 13.2 Å². The molecule has 0 bridgehead atoms. The quantitative estimate of drug-likeness (QED) is 0.110. The first-order chi connectivity index (χ1) is 15.6. The predicted octanol–water partition coefficient (Wildman–Crippen LogP) is 0.326. The predicted molar refractivity (Wildman–Crippen MR) is 118 cm³/mol. The molecule has 33 heavy (non-hydrogen) atoms. The van der Waals surface area contributed by atoms with Crippen molar-refractivity contribution >= 4 is 24.1 Å². The second-order valence-electron chi connectivity index (χ2n) is 7.81. The van der Waals surface area contributed by atoms with Gasteiger partial charge < -0.3 is 46.9 Å². The number of carboxylic acids is 1. The third-order valence-corrected chi connectivity index (χ3v) is 5.07. The van der Waals surface area contributed by atoms with Crippen LogP contribution in [0.1, 0.15) is 46.0 Å². The van der Waals surface area contributed by atoms with Gasteiger partial charge in [0, 0.05) is 19.1 Å². The molecule has 1 aliphatic heterocycles. The number of carboxylic acid groups (broad SMARTS) is 2. The zero-order valence-electron chi connectivity index (χ0n) is 18.9. The lowest BCUT2D eigenvalue weighted by Crippen LogP contribution is -2.60. The Morgan fingerprint density at radius 3 is 2.42 bits per heavy atom. The summed E-state index contributed by atoms with van der Waals surface area (Å²) < 4.78 is 11.0. The maximum Gasteiger partial charge on any atom is 0.407 e. The van der Waals surface area contributed by atoms with Crippen LogP contribution in [0.5, 0.6) is 0 Å². The molecule has 0 aliphatic carbocycles. The number of unbranched alkanes of at least 4 members (excludes halogenated alkanes) is 4. The number of hydrogen-bond donors (Lipinski definition) is 7. The molecule has 9 N–H and O–H groups in total. The van der Waals surface area contributed by atoms with Crippen LogP contribution in [0, 0.1) is 5.92 Å². The smallest absolute Gasteiger partial charge is 0.407 e. The average Bonchev–Trinajstić information content (AvgIpc) is 2.74. The first-order valence-electron chi connectivity index (χ1n) is 10.9. The molecule has 1 heterocycles. The first-order valence-corrected chi connectivity index (χ1v) is 10.9. The number of guanidine groups is 1. The van der Waals surface area contributed by atoms with E-state index in [4.69, 9.17) is 20.9 Å². The van der Waals surface area contributed by atoms with Crippen LogP contribution in [0.3, 0.4) is 0 Å². The molecular weight excluding hydrogens is 438 g/mol. The molecule has 13 heteroatoms. The van der Waals surface area contributed by atoms with Crippen molar-refractivity contribution in [1.82, 2.24) is 10.6 Å². The standard InChI is InChI=1S/C20H35N5O8/c1-3-4-5-6-7-8-23-20(31)33-15(11(2)10-26)16-14(25-19(29)30)12(24-18(21)22)9-13(32-16)17(27)28/h9,11-12,14-16,25-26H,3-8,10H2,1-2H3,(H,23,31)(H,27,28)(H,29,30)(H4,21,22,24)/t11-,12+,14-,15-,16-/m1/s1. The Kier molecular flexibility index (Phi) is 11.8. The Morgan fingerprint density at radius 1 is 1.21 bits per heavy atom. The van der Waals surface area contributed by atoms with Crippen LogP contribution in [-0.2, 0) is 14.3 Å². The molecular formula is C20H35N5O8. The van der Waals surface area contributed by atoms with Crippen LogP contribution in [0.25, 0.3) is 0 Å². The summed E-state index contributed by atoms with van der Waals surface area (Å²) in [6.07, 6.45) is 1.15. The van der Waals surface area contributed by atoms with Gasteiger partial charge in [0.05, 0.1) is 12.1 Å². The lowest BCUT2D eigenvalue weighted by atomic mass is 9.89. The zero-order valence-corrected chi connectivity index (χ0v) is 18.9. The molecule has 0 aromatic carbocycles. The fourth-order valence-electron chi connectivity index (χ4n) is 3.40. The third-order valence-electron chi connectivity index (χ3n) is 5.07. The highest BCUT2D eigenvalue weighted by Gasteiger charge is 2.46. The van der Waals surface area contributed by atoms with E-state index in [0.717, 1.165) is 38.2 Å². The van der Waals surface area contributed by atoms with Crippen molar-refractivity contribution in [1.29, 1.82) is 0 Å². The van der Waals surface area contributed by atoms with Crippen LogP contribution < -0.4 is 22.1 Å². The van der Waals surface area contributed by atoms with Crippen molar-refractivity contribution < 1.29 is 39.2 Å². The first kappa shape index (κ1) is 27.8. The minimum Gasteiger partial charge on any atom is -0.477 e. The average molecular weight is 474 g/mol. The van der Waals surface area contributed by atoms with E-state index in [1.807, 2.05) is 0 Å². The van der Waals surface area contributed by atoms with Gasteiger partial charge in [0.25, 0.3) is 0 Å². The summed E-state index contributed by atoms with van der Waals surface area (Å²) in [7, 11) is 0. The maximum atomic E-state index is 12.4. The summed E-state index contributed by atoms with van der Waals surface area (Å²) in [4.78, 5) is 39.3. The number of nitrogens with zero attached hydrogens (tertiary/aromatic N) is 1. The van der Waals surface area contributed by atoms with E-state index in [1.165, 1.54) is 6.92 Å². The fourth-order valence-corrected chi connectivity index (χ4v) is 3.40. The van der Waals surface area contributed by atoms with Crippen LogP contribution in [0.15, 0.2) is 16.8 Å². The molecule has 2 amide bonds. The number of nitrogens with two attached hydrogens (primary N) is 2. The van der Waals surface area contributed by atoms with E-state index in [2.05, 4.69) is 22.5 Å². The number of alkyl carbamates (subject to hydrolysis) is 1. The summed E-state index contributed by atoms with van der Waals surface area (Å²) in [6, 6.07) is -2.37. The van der Waals surface area contributed by atoms with E-state index >= 15 is 0 Å². The number of ether oxygens (including phenoxy) is 2. The van der Waals surface area contributed by atoms with Crippen LogP contribution in [-0.4, -0.2) is 76.9 Å². The van der Waals surface area contributed by atoms with Gasteiger partial charge in [-0.15, -0.1) is 0 Å². The maximum absolute atomic E-state index is 12.4. The molecule has 0 saturated heterocycles. The lowest BCUT2D eigenvalue weighted by Gasteiger charge is -2.40. The number of rotatable bonds is 13. The molecule has 0 unspecified atom stereocenters. The van der Waals surface area contributed by atoms with E-state index in [0.29, 0.717) is 6.54 Å². The summed E-state index contributed by atoms with van der Waals surface area (Å²) >= 11 is 0. The Morgan fingerprint density at radius 2 is 1.88 bits per heavy atom. The van der Waals surface area contributed by atoms with E-state index in [1.54, 1.807) is 0 Å². The Bertz CT molecular complexity index is 725. The van der Waals surface area contributed by atoms with Gasteiger partial charge in [0.2, 0.25) is 5.76 Å². The van der Waals surface area contributed by atoms with E-state index in [9.17, 15) is 29.7 Å². The molecule has 0 aromatic heterocycles. The molecule has 1 aliphatic rings. The molecule has 0 aromatic rings. The monoisotopic (exact) mass is 473 g/mol. The summed E-state index contributed by atoms with van der Waals surface area (Å²) in [5.74, 6) is -3.14. The van der Waals surface area contributed by atoms with Gasteiger partial charge in [-0.2, -0.15) is 0 Å². The number of aliphatic hydroxyl groups excluding tert-OH is 1. The van der Waals surface area contributed by atoms with Crippen molar-refractivity contribution in [3.05, 3.63) is 11.8 Å². The number of carbonyl (C=O) groups excluding carboxylic acids is 1. The molecule has 0 saturated carbocycles. The molecule has 0 fully saturated rings. The molecule has 0 radical (unpaired) electrons. The van der Waals surface area contributed by atoms with Gasteiger partial charge in [0.1, 0.15) is 6.10 Å². The van der Waals surface area contributed by atoms with Crippen molar-refractivity contribution in [3.8, 4) is 0 Å². The number of carbonyl (C=O) groups is 3. The van der Waals surface area contributed by atoms with Gasteiger partial charge in [0.15, 0.2) is 12.1 Å². The van der Waals surface area contributed by atoms with Crippen molar-refractivity contribution in [2.45, 2.75) is 70.2 Å². The van der Waals surface area contributed by atoms with Gasteiger partial charge in [-0.05, 0) is 12.5 Å². The number of hydrogen-bond acceptors (Lipinski definition) is 7.